The molecule has 0 amide bonds. The van der Waals surface area contributed by atoms with Crippen LogP contribution < -0.4 is 0 Å². The SMILES string of the molecule is COC(=O)CCN(C)S(=O)(=O)c1ncn(C)c1Cl. The minimum atomic E-state index is -3.79. The van der Waals surface area contributed by atoms with Gasteiger partial charge < -0.3 is 9.30 Å². The van der Waals surface area contributed by atoms with Crippen molar-refractivity contribution in [3.63, 3.8) is 0 Å². The van der Waals surface area contributed by atoms with E-state index in [-0.39, 0.29) is 23.1 Å². The van der Waals surface area contributed by atoms with Gasteiger partial charge in [-0.3, -0.25) is 4.79 Å². The van der Waals surface area contributed by atoms with Crippen LogP contribution in [0.5, 0.6) is 0 Å². The summed E-state index contributed by atoms with van der Waals surface area (Å²) in [5.41, 5.74) is 0. The Balaban J connectivity index is 2.87. The Kier molecular flexibility index (Phi) is 4.71. The molecular weight excluding hydrogens is 282 g/mol. The maximum absolute atomic E-state index is 12.1. The topological polar surface area (TPSA) is 81.5 Å². The number of nitrogens with zero attached hydrogens (tertiary/aromatic N) is 3. The van der Waals surface area contributed by atoms with Gasteiger partial charge in [-0.2, -0.15) is 4.31 Å². The van der Waals surface area contributed by atoms with Crippen LogP contribution in [0.1, 0.15) is 6.42 Å². The van der Waals surface area contributed by atoms with Crippen LogP contribution in [-0.4, -0.2) is 48.9 Å². The Labute approximate surface area is 110 Å². The lowest BCUT2D eigenvalue weighted by atomic mass is 10.4. The number of hydrogen-bond acceptors (Lipinski definition) is 5. The predicted molar refractivity (Wildman–Crippen MR) is 64.7 cm³/mol. The molecule has 1 aromatic rings. The Morgan fingerprint density at radius 3 is 2.67 bits per heavy atom. The summed E-state index contributed by atoms with van der Waals surface area (Å²) < 4.78 is 31.0. The number of ether oxygens (including phenoxy) is 1. The number of imidazole rings is 1. The molecule has 0 aliphatic rings. The number of aryl methyl sites for hydroxylation is 1. The minimum absolute atomic E-state index is 0.00189. The maximum atomic E-state index is 12.1. The van der Waals surface area contributed by atoms with Crippen molar-refractivity contribution in [2.24, 2.45) is 7.05 Å². The van der Waals surface area contributed by atoms with E-state index in [9.17, 15) is 13.2 Å². The Hall–Kier alpha value is -1.12. The second-order valence-electron chi connectivity index (χ2n) is 3.60. The van der Waals surface area contributed by atoms with Crippen LogP contribution in [0.15, 0.2) is 11.4 Å². The van der Waals surface area contributed by atoms with E-state index in [0.717, 1.165) is 4.31 Å². The third kappa shape index (κ3) is 3.01. The second-order valence-corrected chi connectivity index (χ2v) is 5.92. The highest BCUT2D eigenvalue weighted by atomic mass is 35.5. The number of rotatable bonds is 5. The van der Waals surface area contributed by atoms with E-state index in [1.807, 2.05) is 0 Å². The molecule has 0 aromatic carbocycles. The third-order valence-corrected chi connectivity index (χ3v) is 4.70. The van der Waals surface area contributed by atoms with Crippen LogP contribution in [0, 0.1) is 0 Å². The first-order valence-corrected chi connectivity index (χ1v) is 6.82. The molecule has 102 valence electrons. The van der Waals surface area contributed by atoms with Gasteiger partial charge in [0.15, 0.2) is 0 Å². The van der Waals surface area contributed by atoms with E-state index in [1.165, 1.54) is 25.1 Å². The van der Waals surface area contributed by atoms with E-state index in [4.69, 9.17) is 11.6 Å². The van der Waals surface area contributed by atoms with Gasteiger partial charge in [0.2, 0.25) is 5.03 Å². The number of sulfonamides is 1. The summed E-state index contributed by atoms with van der Waals surface area (Å²) in [6.07, 6.45) is 1.28. The molecule has 18 heavy (non-hydrogen) atoms. The molecule has 0 aliphatic heterocycles. The second kappa shape index (κ2) is 5.68. The summed E-state index contributed by atoms with van der Waals surface area (Å²) >= 11 is 5.83. The highest BCUT2D eigenvalue weighted by Crippen LogP contribution is 2.21. The highest BCUT2D eigenvalue weighted by molar-refractivity contribution is 7.89. The van der Waals surface area contributed by atoms with Crippen molar-refractivity contribution in [2.45, 2.75) is 11.4 Å². The normalized spacial score (nSPS) is 11.8. The van der Waals surface area contributed by atoms with Gasteiger partial charge >= 0.3 is 5.97 Å². The fourth-order valence-electron chi connectivity index (χ4n) is 1.19. The van der Waals surface area contributed by atoms with Crippen molar-refractivity contribution >= 4 is 27.6 Å². The maximum Gasteiger partial charge on any atom is 0.306 e. The molecule has 0 atom stereocenters. The van der Waals surface area contributed by atoms with Gasteiger partial charge in [-0.25, -0.2) is 13.4 Å². The molecule has 0 saturated heterocycles. The number of carbonyl (C=O) groups excluding carboxylic acids is 1. The zero-order valence-corrected chi connectivity index (χ0v) is 11.8. The molecule has 0 bridgehead atoms. The lowest BCUT2D eigenvalue weighted by Gasteiger charge is -2.15. The third-order valence-electron chi connectivity index (χ3n) is 2.35. The van der Waals surface area contributed by atoms with Crippen LogP contribution in [0.25, 0.3) is 0 Å². The molecule has 1 aromatic heterocycles. The quantitative estimate of drug-likeness (QED) is 0.728. The van der Waals surface area contributed by atoms with Gasteiger partial charge in [0.1, 0.15) is 5.15 Å². The smallest absolute Gasteiger partial charge is 0.306 e. The minimum Gasteiger partial charge on any atom is -0.469 e. The largest absolute Gasteiger partial charge is 0.469 e. The summed E-state index contributed by atoms with van der Waals surface area (Å²) in [4.78, 5) is 14.7. The molecule has 1 rings (SSSR count). The summed E-state index contributed by atoms with van der Waals surface area (Å²) in [5.74, 6) is -0.482. The molecule has 0 fully saturated rings. The van der Waals surface area contributed by atoms with Crippen molar-refractivity contribution in [1.29, 1.82) is 0 Å². The van der Waals surface area contributed by atoms with E-state index in [2.05, 4.69) is 9.72 Å². The van der Waals surface area contributed by atoms with Crippen LogP contribution in [0.4, 0.5) is 0 Å². The lowest BCUT2D eigenvalue weighted by Crippen LogP contribution is -2.30. The van der Waals surface area contributed by atoms with E-state index < -0.39 is 16.0 Å². The van der Waals surface area contributed by atoms with Crippen LogP contribution in [-0.2, 0) is 26.6 Å². The summed E-state index contributed by atoms with van der Waals surface area (Å²) in [6.45, 7) is 0.00189. The van der Waals surface area contributed by atoms with E-state index in [1.54, 1.807) is 7.05 Å². The molecular formula is C9H14ClN3O4S. The number of aromatic nitrogens is 2. The highest BCUT2D eigenvalue weighted by Gasteiger charge is 2.27. The predicted octanol–water partition coefficient (Wildman–Crippen LogP) is 0.257. The van der Waals surface area contributed by atoms with Gasteiger partial charge in [-0.05, 0) is 0 Å². The van der Waals surface area contributed by atoms with Crippen molar-refractivity contribution in [3.8, 4) is 0 Å². The Morgan fingerprint density at radius 2 is 2.22 bits per heavy atom. The van der Waals surface area contributed by atoms with Gasteiger partial charge in [0.25, 0.3) is 10.0 Å². The van der Waals surface area contributed by atoms with Crippen molar-refractivity contribution in [3.05, 3.63) is 11.5 Å². The first kappa shape index (κ1) is 14.9. The molecule has 1 heterocycles. The number of esters is 1. The zero-order chi connectivity index (χ0) is 13.9. The van der Waals surface area contributed by atoms with Crippen molar-refractivity contribution in [2.75, 3.05) is 20.7 Å². The molecule has 7 nitrogen and oxygen atoms in total. The summed E-state index contributed by atoms with van der Waals surface area (Å²) in [5, 5.41) is -0.195. The van der Waals surface area contributed by atoms with Gasteiger partial charge in [-0.15, -0.1) is 0 Å². The molecule has 0 unspecified atom stereocenters. The average Bonchev–Trinajstić information content (AvgIpc) is 2.66. The first-order valence-electron chi connectivity index (χ1n) is 5.00. The van der Waals surface area contributed by atoms with Gasteiger partial charge in [0, 0.05) is 20.6 Å². The number of hydrogen-bond donors (Lipinski definition) is 0. The van der Waals surface area contributed by atoms with Crippen LogP contribution in [0.2, 0.25) is 5.15 Å². The number of halogens is 1. The monoisotopic (exact) mass is 295 g/mol. The average molecular weight is 296 g/mol. The fourth-order valence-corrected chi connectivity index (χ4v) is 2.73. The summed E-state index contributed by atoms with van der Waals surface area (Å²) in [7, 11) is 0.388. The number of carbonyl (C=O) groups is 1. The van der Waals surface area contributed by atoms with Crippen LogP contribution in [0.3, 0.4) is 0 Å². The van der Waals surface area contributed by atoms with Crippen LogP contribution >= 0.6 is 11.6 Å². The molecule has 0 spiro atoms. The van der Waals surface area contributed by atoms with E-state index >= 15 is 0 Å². The summed E-state index contributed by atoms with van der Waals surface area (Å²) in [6, 6.07) is 0. The number of methoxy groups -OCH3 is 1. The van der Waals surface area contributed by atoms with Gasteiger partial charge in [-0.1, -0.05) is 11.6 Å². The standard InChI is InChI=1S/C9H14ClN3O4S/c1-12-6-11-9(8(12)10)18(15,16)13(2)5-4-7(14)17-3/h6H,4-5H2,1-3H3. The zero-order valence-electron chi connectivity index (χ0n) is 10.3. The Morgan fingerprint density at radius 1 is 1.61 bits per heavy atom. The molecule has 0 saturated carbocycles. The fraction of sp³-hybridized carbons (Fsp3) is 0.556. The molecule has 9 heteroatoms. The molecule has 0 radical (unpaired) electrons. The molecule has 0 N–H and O–H groups in total. The molecule has 0 aliphatic carbocycles. The van der Waals surface area contributed by atoms with E-state index in [0.29, 0.717) is 0 Å². The van der Waals surface area contributed by atoms with Crippen molar-refractivity contribution < 1.29 is 17.9 Å². The van der Waals surface area contributed by atoms with Crippen molar-refractivity contribution in [1.82, 2.24) is 13.9 Å². The van der Waals surface area contributed by atoms with Gasteiger partial charge in [0.05, 0.1) is 19.9 Å². The Bertz CT molecular complexity index is 540. The lowest BCUT2D eigenvalue weighted by molar-refractivity contribution is -0.140. The first-order chi connectivity index (χ1) is 8.30.